The van der Waals surface area contributed by atoms with Gasteiger partial charge in [-0.3, -0.25) is 4.79 Å². The number of benzene rings is 2. The Bertz CT molecular complexity index is 613. The number of hydrogen-bond donors (Lipinski definition) is 2. The van der Waals surface area contributed by atoms with Gasteiger partial charge in [-0.2, -0.15) is 0 Å². The summed E-state index contributed by atoms with van der Waals surface area (Å²) in [5.74, 6) is -0.424. The second-order valence-electron chi connectivity index (χ2n) is 4.77. The van der Waals surface area contributed by atoms with Crippen molar-refractivity contribution in [2.24, 2.45) is 0 Å². The average molecular weight is 272 g/mol. The van der Waals surface area contributed by atoms with Gasteiger partial charge in [0.1, 0.15) is 5.82 Å². The maximum atomic E-state index is 13.1. The Morgan fingerprint density at radius 2 is 2.00 bits per heavy atom. The van der Waals surface area contributed by atoms with Crippen molar-refractivity contribution in [1.29, 1.82) is 0 Å². The number of carbonyl (C=O) groups excluding carboxylic acids is 1. The molecule has 104 valence electrons. The Hall–Kier alpha value is -2.36. The number of carbonyl (C=O) groups is 1. The molecule has 0 aliphatic carbocycles. The highest BCUT2D eigenvalue weighted by Crippen LogP contribution is 2.14. The van der Waals surface area contributed by atoms with Gasteiger partial charge < -0.3 is 11.1 Å². The zero-order valence-corrected chi connectivity index (χ0v) is 11.3. The van der Waals surface area contributed by atoms with Crippen LogP contribution in [0.5, 0.6) is 0 Å². The van der Waals surface area contributed by atoms with Crippen LogP contribution in [-0.4, -0.2) is 5.91 Å². The third-order valence-electron chi connectivity index (χ3n) is 3.04. The Labute approximate surface area is 117 Å². The summed E-state index contributed by atoms with van der Waals surface area (Å²) in [5.41, 5.74) is 7.90. The average Bonchev–Trinajstić information content (AvgIpc) is 2.38. The van der Waals surface area contributed by atoms with Gasteiger partial charge in [0.25, 0.3) is 0 Å². The van der Waals surface area contributed by atoms with Crippen molar-refractivity contribution in [3.05, 3.63) is 65.5 Å². The van der Waals surface area contributed by atoms with Crippen LogP contribution in [0.15, 0.2) is 48.5 Å². The number of rotatable bonds is 4. The summed E-state index contributed by atoms with van der Waals surface area (Å²) in [6.07, 6.45) is 0.255. The van der Waals surface area contributed by atoms with Crippen molar-refractivity contribution in [2.45, 2.75) is 19.4 Å². The molecule has 0 saturated heterocycles. The van der Waals surface area contributed by atoms with E-state index in [4.69, 9.17) is 5.73 Å². The van der Waals surface area contributed by atoms with E-state index in [0.717, 1.165) is 11.1 Å². The van der Waals surface area contributed by atoms with Gasteiger partial charge in [-0.25, -0.2) is 4.39 Å². The molecule has 0 fully saturated rings. The van der Waals surface area contributed by atoms with Gasteiger partial charge >= 0.3 is 0 Å². The molecule has 0 aliphatic heterocycles. The first-order valence-electron chi connectivity index (χ1n) is 6.44. The van der Waals surface area contributed by atoms with Crippen LogP contribution >= 0.6 is 0 Å². The normalized spacial score (nSPS) is 11.9. The highest BCUT2D eigenvalue weighted by atomic mass is 19.1. The maximum Gasteiger partial charge on any atom is 0.224 e. The molecule has 2 aromatic rings. The molecule has 0 bridgehead atoms. The fraction of sp³-hybridized carbons (Fsp3) is 0.188. The van der Waals surface area contributed by atoms with Crippen LogP contribution in [0, 0.1) is 5.82 Å². The second kappa shape index (κ2) is 6.19. The zero-order valence-electron chi connectivity index (χ0n) is 11.3. The summed E-state index contributed by atoms with van der Waals surface area (Å²) < 4.78 is 13.1. The van der Waals surface area contributed by atoms with Gasteiger partial charge in [0.05, 0.1) is 12.5 Å². The van der Waals surface area contributed by atoms with Crippen molar-refractivity contribution >= 4 is 11.6 Å². The Kier molecular flexibility index (Phi) is 4.35. The minimum Gasteiger partial charge on any atom is -0.399 e. The minimum absolute atomic E-state index is 0.118. The molecule has 3 nitrogen and oxygen atoms in total. The fourth-order valence-corrected chi connectivity index (χ4v) is 2.04. The number of nitrogens with one attached hydrogen (secondary N) is 1. The molecule has 0 saturated carbocycles. The molecule has 3 N–H and O–H groups in total. The quantitative estimate of drug-likeness (QED) is 0.841. The van der Waals surface area contributed by atoms with E-state index >= 15 is 0 Å². The van der Waals surface area contributed by atoms with Gasteiger partial charge in [-0.1, -0.05) is 24.3 Å². The van der Waals surface area contributed by atoms with Crippen molar-refractivity contribution in [1.82, 2.24) is 5.32 Å². The molecule has 0 heterocycles. The molecule has 0 spiro atoms. The molecule has 1 amide bonds. The molecule has 0 aliphatic rings. The molecule has 0 aromatic heterocycles. The van der Waals surface area contributed by atoms with Gasteiger partial charge in [0, 0.05) is 5.69 Å². The highest BCUT2D eigenvalue weighted by Gasteiger charge is 2.10. The lowest BCUT2D eigenvalue weighted by molar-refractivity contribution is -0.121. The Morgan fingerprint density at radius 3 is 2.70 bits per heavy atom. The number of nitrogen functional groups attached to an aromatic ring is 1. The van der Waals surface area contributed by atoms with E-state index in [9.17, 15) is 9.18 Å². The first kappa shape index (κ1) is 14.1. The van der Waals surface area contributed by atoms with E-state index < -0.39 is 0 Å². The third kappa shape index (κ3) is 3.82. The lowest BCUT2D eigenvalue weighted by atomic mass is 10.1. The van der Waals surface area contributed by atoms with Crippen LogP contribution in [0.25, 0.3) is 0 Å². The van der Waals surface area contributed by atoms with E-state index in [1.54, 1.807) is 24.3 Å². The highest BCUT2D eigenvalue weighted by molar-refractivity contribution is 5.79. The van der Waals surface area contributed by atoms with Crippen molar-refractivity contribution in [2.75, 3.05) is 5.73 Å². The van der Waals surface area contributed by atoms with Crippen LogP contribution < -0.4 is 11.1 Å². The monoisotopic (exact) mass is 272 g/mol. The smallest absolute Gasteiger partial charge is 0.224 e. The number of hydrogen-bond acceptors (Lipinski definition) is 2. The van der Waals surface area contributed by atoms with Crippen LogP contribution in [0.1, 0.15) is 24.1 Å². The predicted molar refractivity (Wildman–Crippen MR) is 77.5 cm³/mol. The summed E-state index contributed by atoms with van der Waals surface area (Å²) in [5, 5.41) is 2.84. The number of anilines is 1. The molecular formula is C16H17FN2O. The van der Waals surface area contributed by atoms with Gasteiger partial charge in [0.2, 0.25) is 5.91 Å². The Balaban J connectivity index is 1.97. The molecule has 2 rings (SSSR count). The van der Waals surface area contributed by atoms with Crippen LogP contribution in [0.4, 0.5) is 10.1 Å². The molecule has 2 aromatic carbocycles. The molecule has 1 atom stereocenters. The molecular weight excluding hydrogens is 255 g/mol. The summed E-state index contributed by atoms with van der Waals surface area (Å²) in [4.78, 5) is 11.9. The van der Waals surface area contributed by atoms with E-state index in [0.29, 0.717) is 5.69 Å². The van der Waals surface area contributed by atoms with Crippen molar-refractivity contribution < 1.29 is 9.18 Å². The Morgan fingerprint density at radius 1 is 1.25 bits per heavy atom. The second-order valence-corrected chi connectivity index (χ2v) is 4.77. The summed E-state index contributed by atoms with van der Waals surface area (Å²) >= 11 is 0. The molecule has 20 heavy (non-hydrogen) atoms. The third-order valence-corrected chi connectivity index (χ3v) is 3.04. The standard InChI is InChI=1S/C16H17FN2O/c1-11(13-5-3-6-14(17)10-13)19-16(20)9-12-4-2-7-15(18)8-12/h2-8,10-11H,9,18H2,1H3,(H,19,20). The zero-order chi connectivity index (χ0) is 14.5. The minimum atomic E-state index is -0.306. The first-order chi connectivity index (χ1) is 9.54. The lowest BCUT2D eigenvalue weighted by Gasteiger charge is -2.14. The molecule has 1 unspecified atom stereocenters. The predicted octanol–water partition coefficient (Wildman–Crippen LogP) is 2.83. The molecule has 0 radical (unpaired) electrons. The van der Waals surface area contributed by atoms with E-state index in [1.807, 2.05) is 19.1 Å². The van der Waals surface area contributed by atoms with E-state index in [2.05, 4.69) is 5.32 Å². The topological polar surface area (TPSA) is 55.1 Å². The lowest BCUT2D eigenvalue weighted by Crippen LogP contribution is -2.28. The largest absolute Gasteiger partial charge is 0.399 e. The summed E-state index contributed by atoms with van der Waals surface area (Å²) in [6, 6.07) is 13.2. The van der Waals surface area contributed by atoms with E-state index in [-0.39, 0.29) is 24.2 Å². The van der Waals surface area contributed by atoms with Crippen LogP contribution in [-0.2, 0) is 11.2 Å². The van der Waals surface area contributed by atoms with Crippen molar-refractivity contribution in [3.63, 3.8) is 0 Å². The summed E-state index contributed by atoms with van der Waals surface area (Å²) in [6.45, 7) is 1.83. The number of nitrogens with two attached hydrogens (primary N) is 1. The first-order valence-corrected chi connectivity index (χ1v) is 6.44. The van der Waals surface area contributed by atoms with Gasteiger partial charge in [0.15, 0.2) is 0 Å². The van der Waals surface area contributed by atoms with Crippen LogP contribution in [0.3, 0.4) is 0 Å². The fourth-order valence-electron chi connectivity index (χ4n) is 2.04. The number of halogens is 1. The summed E-state index contributed by atoms with van der Waals surface area (Å²) in [7, 11) is 0. The van der Waals surface area contributed by atoms with Crippen molar-refractivity contribution in [3.8, 4) is 0 Å². The SMILES string of the molecule is CC(NC(=O)Cc1cccc(N)c1)c1cccc(F)c1. The van der Waals surface area contributed by atoms with Crippen LogP contribution in [0.2, 0.25) is 0 Å². The maximum absolute atomic E-state index is 13.1. The van der Waals surface area contributed by atoms with Gasteiger partial charge in [-0.05, 0) is 42.3 Å². The van der Waals surface area contributed by atoms with Gasteiger partial charge in [-0.15, -0.1) is 0 Å². The van der Waals surface area contributed by atoms with E-state index in [1.165, 1.54) is 12.1 Å². The molecule has 4 heteroatoms. The number of amides is 1.